The minimum atomic E-state index is -4.64. The Hall–Kier alpha value is -1.87. The number of hydrogen-bond acceptors (Lipinski definition) is 5. The highest BCUT2D eigenvalue weighted by molar-refractivity contribution is 8.00. The number of thioether (sulfide) groups is 1. The minimum absolute atomic E-state index is 0.0117. The topological polar surface area (TPSA) is 55.3 Å². The largest absolute Gasteiger partial charge is 0.451 e. The summed E-state index contributed by atoms with van der Waals surface area (Å²) in [6, 6.07) is 6.48. The van der Waals surface area contributed by atoms with Gasteiger partial charge in [0.25, 0.3) is 0 Å². The first-order valence-corrected chi connectivity index (χ1v) is 9.12. The molecule has 1 aromatic carbocycles. The van der Waals surface area contributed by atoms with Crippen molar-refractivity contribution in [3.63, 3.8) is 0 Å². The van der Waals surface area contributed by atoms with Crippen LogP contribution in [0, 0.1) is 0 Å². The number of aromatic nitrogens is 2. The van der Waals surface area contributed by atoms with Crippen molar-refractivity contribution in [3.8, 4) is 0 Å². The summed E-state index contributed by atoms with van der Waals surface area (Å²) in [7, 11) is 0. The van der Waals surface area contributed by atoms with E-state index in [4.69, 9.17) is 4.74 Å². The molecule has 1 aromatic heterocycles. The number of para-hydroxylation sites is 1. The monoisotopic (exact) mass is 385 g/mol. The number of alkyl halides is 3. The Morgan fingerprint density at radius 3 is 2.54 bits per heavy atom. The van der Waals surface area contributed by atoms with Crippen molar-refractivity contribution in [2.45, 2.75) is 37.3 Å². The maximum absolute atomic E-state index is 13.0. The first-order chi connectivity index (χ1) is 12.2. The van der Waals surface area contributed by atoms with E-state index in [1.807, 2.05) is 13.8 Å². The molecule has 0 unspecified atom stereocenters. The summed E-state index contributed by atoms with van der Waals surface area (Å²) in [5.74, 6) is -1.33. The van der Waals surface area contributed by atoms with Gasteiger partial charge in [0.15, 0.2) is 0 Å². The van der Waals surface area contributed by atoms with Crippen molar-refractivity contribution < 1.29 is 22.7 Å². The quantitative estimate of drug-likeness (QED) is 0.599. The lowest BCUT2D eigenvalue weighted by molar-refractivity contribution is -0.145. The van der Waals surface area contributed by atoms with Gasteiger partial charge in [0.1, 0.15) is 5.03 Å². The number of morpholine rings is 1. The van der Waals surface area contributed by atoms with Crippen LogP contribution in [-0.4, -0.2) is 51.8 Å². The van der Waals surface area contributed by atoms with Crippen LogP contribution >= 0.6 is 11.8 Å². The van der Waals surface area contributed by atoms with Crippen LogP contribution in [0.3, 0.4) is 0 Å². The van der Waals surface area contributed by atoms with Gasteiger partial charge in [0, 0.05) is 18.5 Å². The molecule has 2 atom stereocenters. The molecule has 1 aliphatic heterocycles. The van der Waals surface area contributed by atoms with Crippen LogP contribution in [0.5, 0.6) is 0 Å². The molecule has 1 fully saturated rings. The molecule has 0 aliphatic carbocycles. The first-order valence-electron chi connectivity index (χ1n) is 8.14. The van der Waals surface area contributed by atoms with E-state index in [9.17, 15) is 18.0 Å². The summed E-state index contributed by atoms with van der Waals surface area (Å²) in [6.07, 6.45) is -4.77. The Balaban J connectivity index is 1.81. The van der Waals surface area contributed by atoms with E-state index in [-0.39, 0.29) is 34.4 Å². The third-order valence-electron chi connectivity index (χ3n) is 3.93. The second-order valence-corrected chi connectivity index (χ2v) is 7.18. The van der Waals surface area contributed by atoms with Gasteiger partial charge in [-0.05, 0) is 19.9 Å². The number of carbonyl (C=O) groups is 1. The minimum Gasteiger partial charge on any atom is -0.372 e. The lowest BCUT2D eigenvalue weighted by Gasteiger charge is -2.35. The van der Waals surface area contributed by atoms with Gasteiger partial charge >= 0.3 is 6.18 Å². The summed E-state index contributed by atoms with van der Waals surface area (Å²) in [6.45, 7) is 4.72. The third-order valence-corrected chi connectivity index (χ3v) is 4.90. The number of rotatable bonds is 3. The lowest BCUT2D eigenvalue weighted by Crippen LogP contribution is -2.48. The van der Waals surface area contributed by atoms with E-state index in [0.717, 1.165) is 11.8 Å². The van der Waals surface area contributed by atoms with Crippen LogP contribution in [0.25, 0.3) is 10.9 Å². The second-order valence-electron chi connectivity index (χ2n) is 6.21. The normalized spacial score (nSPS) is 21.2. The third kappa shape index (κ3) is 4.27. The average Bonchev–Trinajstić information content (AvgIpc) is 2.57. The number of halogens is 3. The smallest absolute Gasteiger partial charge is 0.372 e. The van der Waals surface area contributed by atoms with Crippen molar-refractivity contribution in [1.82, 2.24) is 14.9 Å². The van der Waals surface area contributed by atoms with Crippen molar-refractivity contribution >= 4 is 28.6 Å². The van der Waals surface area contributed by atoms with E-state index in [1.54, 1.807) is 23.1 Å². The molecule has 3 rings (SSSR count). The highest BCUT2D eigenvalue weighted by atomic mass is 32.2. The zero-order valence-corrected chi connectivity index (χ0v) is 15.1. The van der Waals surface area contributed by atoms with Gasteiger partial charge in [0.2, 0.25) is 11.7 Å². The summed E-state index contributed by atoms with van der Waals surface area (Å²) >= 11 is 1.00. The van der Waals surface area contributed by atoms with Crippen LogP contribution in [-0.2, 0) is 15.7 Å². The highest BCUT2D eigenvalue weighted by Gasteiger charge is 2.35. The molecule has 0 spiro atoms. The molecule has 140 valence electrons. The molecule has 0 radical (unpaired) electrons. The fourth-order valence-electron chi connectivity index (χ4n) is 2.89. The molecule has 5 nitrogen and oxygen atoms in total. The molecule has 0 saturated carbocycles. The Bertz CT molecular complexity index is 805. The molecular weight excluding hydrogens is 367 g/mol. The Morgan fingerprint density at radius 2 is 1.88 bits per heavy atom. The maximum atomic E-state index is 13.0. The lowest BCUT2D eigenvalue weighted by atomic mass is 10.2. The van der Waals surface area contributed by atoms with E-state index in [1.165, 1.54) is 6.07 Å². The fraction of sp³-hybridized carbons (Fsp3) is 0.471. The van der Waals surface area contributed by atoms with E-state index >= 15 is 0 Å². The summed E-state index contributed by atoms with van der Waals surface area (Å²) in [5.41, 5.74) is 0.207. The Kier molecular flexibility index (Phi) is 5.38. The molecule has 0 bridgehead atoms. The predicted molar refractivity (Wildman–Crippen MR) is 91.9 cm³/mol. The summed E-state index contributed by atoms with van der Waals surface area (Å²) < 4.78 is 44.7. The number of carbonyl (C=O) groups excluding carboxylic acids is 1. The van der Waals surface area contributed by atoms with Gasteiger partial charge in [0.05, 0.1) is 23.5 Å². The number of hydrogen-bond donors (Lipinski definition) is 0. The number of amides is 1. The molecule has 9 heteroatoms. The van der Waals surface area contributed by atoms with Crippen molar-refractivity contribution in [2.24, 2.45) is 0 Å². The van der Waals surface area contributed by atoms with Crippen LogP contribution in [0.15, 0.2) is 29.3 Å². The number of fused-ring (bicyclic) bond motifs is 1. The zero-order chi connectivity index (χ0) is 18.9. The molecule has 0 N–H and O–H groups in total. The van der Waals surface area contributed by atoms with Crippen molar-refractivity contribution in [2.75, 3.05) is 18.8 Å². The SMILES string of the molecule is C[C@H]1CN(C(=O)CSc2nc(C(F)(F)F)nc3ccccc23)C[C@H](C)O1. The molecule has 2 aromatic rings. The zero-order valence-electron chi connectivity index (χ0n) is 14.3. The summed E-state index contributed by atoms with van der Waals surface area (Å²) in [5, 5.41) is 0.660. The molecule has 2 heterocycles. The van der Waals surface area contributed by atoms with Gasteiger partial charge in [-0.2, -0.15) is 13.2 Å². The van der Waals surface area contributed by atoms with Crippen LogP contribution in [0.4, 0.5) is 13.2 Å². The van der Waals surface area contributed by atoms with Gasteiger partial charge in [-0.3, -0.25) is 4.79 Å². The van der Waals surface area contributed by atoms with Crippen LogP contribution in [0.1, 0.15) is 19.7 Å². The first kappa shape index (κ1) is 18.9. The van der Waals surface area contributed by atoms with Gasteiger partial charge in [-0.25, -0.2) is 9.97 Å². The average molecular weight is 385 g/mol. The molecule has 26 heavy (non-hydrogen) atoms. The summed E-state index contributed by atoms with van der Waals surface area (Å²) in [4.78, 5) is 21.4. The molecular formula is C17H18F3N3O2S. The standard InChI is InChI=1S/C17H18F3N3O2S/c1-10-7-23(8-11(2)25-10)14(24)9-26-15-12-5-3-4-6-13(12)21-16(22-15)17(18,19)20/h3-6,10-11H,7-9H2,1-2H3/t10-,11-/m0/s1. The Morgan fingerprint density at radius 1 is 1.23 bits per heavy atom. The highest BCUT2D eigenvalue weighted by Crippen LogP contribution is 2.32. The van der Waals surface area contributed by atoms with Crippen molar-refractivity contribution in [1.29, 1.82) is 0 Å². The van der Waals surface area contributed by atoms with E-state index in [2.05, 4.69) is 9.97 Å². The van der Waals surface area contributed by atoms with Gasteiger partial charge in [-0.1, -0.05) is 30.0 Å². The molecule has 1 amide bonds. The molecule has 1 aliphatic rings. The van der Waals surface area contributed by atoms with Gasteiger partial charge in [-0.15, -0.1) is 0 Å². The van der Waals surface area contributed by atoms with Crippen LogP contribution in [0.2, 0.25) is 0 Å². The van der Waals surface area contributed by atoms with Crippen molar-refractivity contribution in [3.05, 3.63) is 30.1 Å². The fourth-order valence-corrected chi connectivity index (χ4v) is 3.81. The van der Waals surface area contributed by atoms with E-state index < -0.39 is 12.0 Å². The molecule has 1 saturated heterocycles. The maximum Gasteiger partial charge on any atom is 0.451 e. The predicted octanol–water partition coefficient (Wildman–Crippen LogP) is 3.38. The number of nitrogens with zero attached hydrogens (tertiary/aromatic N) is 3. The van der Waals surface area contributed by atoms with Gasteiger partial charge < -0.3 is 9.64 Å². The van der Waals surface area contributed by atoms with Crippen LogP contribution < -0.4 is 0 Å². The number of ether oxygens (including phenoxy) is 1. The number of benzene rings is 1. The van der Waals surface area contributed by atoms with E-state index in [0.29, 0.717) is 18.5 Å². The Labute approximate surface area is 152 Å². The second kappa shape index (κ2) is 7.40.